The number of ether oxygens (including phenoxy) is 1. The van der Waals surface area contributed by atoms with Gasteiger partial charge in [-0.3, -0.25) is 0 Å². The molecular weight excluding hydrogens is 266 g/mol. The van der Waals surface area contributed by atoms with E-state index in [1.54, 1.807) is 0 Å². The van der Waals surface area contributed by atoms with Gasteiger partial charge in [-0.1, -0.05) is 30.3 Å². The van der Waals surface area contributed by atoms with Gasteiger partial charge in [0.15, 0.2) is 0 Å². The molecule has 1 saturated heterocycles. The summed E-state index contributed by atoms with van der Waals surface area (Å²) in [6.45, 7) is 7.38. The van der Waals surface area contributed by atoms with Crippen LogP contribution in [0, 0.1) is 11.8 Å². The number of thioether (sulfide) groups is 1. The third kappa shape index (κ3) is 4.80. The van der Waals surface area contributed by atoms with E-state index in [0.29, 0.717) is 11.8 Å². The first-order chi connectivity index (χ1) is 9.61. The molecule has 3 heteroatoms. The van der Waals surface area contributed by atoms with Gasteiger partial charge in [0.05, 0.1) is 12.2 Å². The molecule has 1 heterocycles. The van der Waals surface area contributed by atoms with Gasteiger partial charge in [0.2, 0.25) is 0 Å². The standard InChI is InChI=1S/C17H27NOS/c1-17(2)9-15(12-19-17)16(13-20-3)11-18-10-14-7-5-4-6-8-14/h4-8,15-16,18H,9-13H2,1-3H3. The van der Waals surface area contributed by atoms with E-state index in [2.05, 4.69) is 55.8 Å². The van der Waals surface area contributed by atoms with E-state index < -0.39 is 0 Å². The fourth-order valence-electron chi connectivity index (χ4n) is 2.96. The van der Waals surface area contributed by atoms with Crippen LogP contribution in [0.1, 0.15) is 25.8 Å². The van der Waals surface area contributed by atoms with E-state index in [1.165, 1.54) is 17.7 Å². The highest BCUT2D eigenvalue weighted by Gasteiger charge is 2.35. The topological polar surface area (TPSA) is 21.3 Å². The van der Waals surface area contributed by atoms with E-state index >= 15 is 0 Å². The molecule has 112 valence electrons. The number of nitrogens with one attached hydrogen (secondary N) is 1. The van der Waals surface area contributed by atoms with E-state index in [1.807, 2.05) is 11.8 Å². The monoisotopic (exact) mass is 293 g/mol. The molecule has 0 spiro atoms. The van der Waals surface area contributed by atoms with Crippen LogP contribution < -0.4 is 5.32 Å². The van der Waals surface area contributed by atoms with Crippen molar-refractivity contribution in [3.05, 3.63) is 35.9 Å². The lowest BCUT2D eigenvalue weighted by Crippen LogP contribution is -2.30. The predicted octanol–water partition coefficient (Wildman–Crippen LogP) is 3.57. The normalized spacial score (nSPS) is 22.9. The molecule has 2 atom stereocenters. The average Bonchev–Trinajstić information content (AvgIpc) is 2.79. The molecule has 0 aromatic heterocycles. The summed E-state index contributed by atoms with van der Waals surface area (Å²) in [4.78, 5) is 0. The van der Waals surface area contributed by atoms with Crippen LogP contribution in [0.2, 0.25) is 0 Å². The Labute approximate surface area is 127 Å². The molecular formula is C17H27NOS. The minimum absolute atomic E-state index is 0.0702. The van der Waals surface area contributed by atoms with Crippen LogP contribution in [0.25, 0.3) is 0 Å². The Morgan fingerprint density at radius 1 is 1.35 bits per heavy atom. The molecule has 2 nitrogen and oxygen atoms in total. The van der Waals surface area contributed by atoms with Crippen molar-refractivity contribution in [2.75, 3.05) is 25.2 Å². The average molecular weight is 293 g/mol. The molecule has 1 fully saturated rings. The van der Waals surface area contributed by atoms with Crippen LogP contribution in [0.3, 0.4) is 0 Å². The molecule has 0 saturated carbocycles. The van der Waals surface area contributed by atoms with Gasteiger partial charge in [0.1, 0.15) is 0 Å². The molecule has 2 rings (SSSR count). The lowest BCUT2D eigenvalue weighted by Gasteiger charge is -2.23. The van der Waals surface area contributed by atoms with Crippen molar-refractivity contribution in [2.24, 2.45) is 11.8 Å². The molecule has 0 aliphatic carbocycles. The summed E-state index contributed by atoms with van der Waals surface area (Å²) in [6.07, 6.45) is 3.39. The fourth-order valence-corrected chi connectivity index (χ4v) is 3.78. The first-order valence-electron chi connectivity index (χ1n) is 7.48. The van der Waals surface area contributed by atoms with Crippen LogP contribution in [-0.2, 0) is 11.3 Å². The fraction of sp³-hybridized carbons (Fsp3) is 0.647. The Bertz CT molecular complexity index is 393. The van der Waals surface area contributed by atoms with Crippen molar-refractivity contribution in [3.63, 3.8) is 0 Å². The van der Waals surface area contributed by atoms with Crippen LogP contribution in [-0.4, -0.2) is 30.8 Å². The minimum Gasteiger partial charge on any atom is -0.375 e. The lowest BCUT2D eigenvalue weighted by atomic mass is 9.88. The van der Waals surface area contributed by atoms with Gasteiger partial charge < -0.3 is 10.1 Å². The summed E-state index contributed by atoms with van der Waals surface area (Å²) in [6, 6.07) is 10.6. The number of hydrogen-bond acceptors (Lipinski definition) is 3. The maximum absolute atomic E-state index is 5.91. The summed E-state index contributed by atoms with van der Waals surface area (Å²) in [5, 5.41) is 3.62. The maximum atomic E-state index is 5.91. The zero-order valence-electron chi connectivity index (χ0n) is 12.9. The predicted molar refractivity (Wildman–Crippen MR) is 88.2 cm³/mol. The van der Waals surface area contributed by atoms with Gasteiger partial charge >= 0.3 is 0 Å². The molecule has 1 aliphatic rings. The SMILES string of the molecule is CSCC(CNCc1ccccc1)C1COC(C)(C)C1. The molecule has 0 amide bonds. The van der Waals surface area contributed by atoms with Crippen molar-refractivity contribution in [2.45, 2.75) is 32.4 Å². The summed E-state index contributed by atoms with van der Waals surface area (Å²) < 4.78 is 5.91. The molecule has 20 heavy (non-hydrogen) atoms. The van der Waals surface area contributed by atoms with Crippen molar-refractivity contribution in [1.82, 2.24) is 5.32 Å². The van der Waals surface area contributed by atoms with E-state index in [9.17, 15) is 0 Å². The molecule has 1 aliphatic heterocycles. The Morgan fingerprint density at radius 2 is 2.10 bits per heavy atom. The third-order valence-electron chi connectivity index (χ3n) is 4.07. The van der Waals surface area contributed by atoms with Crippen LogP contribution >= 0.6 is 11.8 Å². The number of hydrogen-bond donors (Lipinski definition) is 1. The molecule has 1 aromatic carbocycles. The van der Waals surface area contributed by atoms with Crippen molar-refractivity contribution in [1.29, 1.82) is 0 Å². The molecule has 0 bridgehead atoms. The van der Waals surface area contributed by atoms with Gasteiger partial charge in [-0.05, 0) is 56.2 Å². The minimum atomic E-state index is 0.0702. The highest BCUT2D eigenvalue weighted by atomic mass is 32.2. The summed E-state index contributed by atoms with van der Waals surface area (Å²) in [5.74, 6) is 2.61. The van der Waals surface area contributed by atoms with Gasteiger partial charge in [0, 0.05) is 6.54 Å². The molecule has 1 N–H and O–H groups in total. The molecule has 2 unspecified atom stereocenters. The summed E-state index contributed by atoms with van der Waals surface area (Å²) >= 11 is 1.95. The second-order valence-corrected chi connectivity index (χ2v) is 7.28. The highest BCUT2D eigenvalue weighted by Crippen LogP contribution is 2.34. The first-order valence-corrected chi connectivity index (χ1v) is 8.87. The zero-order valence-corrected chi connectivity index (χ0v) is 13.7. The second kappa shape index (κ2) is 7.48. The highest BCUT2D eigenvalue weighted by molar-refractivity contribution is 7.98. The van der Waals surface area contributed by atoms with E-state index in [4.69, 9.17) is 4.74 Å². The number of benzene rings is 1. The Hall–Kier alpha value is -0.510. The largest absolute Gasteiger partial charge is 0.375 e. The molecule has 0 radical (unpaired) electrons. The van der Waals surface area contributed by atoms with Gasteiger partial charge in [-0.25, -0.2) is 0 Å². The van der Waals surface area contributed by atoms with Crippen molar-refractivity contribution < 1.29 is 4.74 Å². The second-order valence-electron chi connectivity index (χ2n) is 6.37. The number of rotatable bonds is 7. The third-order valence-corrected chi connectivity index (χ3v) is 4.83. The quantitative estimate of drug-likeness (QED) is 0.830. The first kappa shape index (κ1) is 15.9. The van der Waals surface area contributed by atoms with Crippen molar-refractivity contribution >= 4 is 11.8 Å². The van der Waals surface area contributed by atoms with E-state index in [-0.39, 0.29) is 5.60 Å². The summed E-state index contributed by atoms with van der Waals surface area (Å²) in [5.41, 5.74) is 1.43. The smallest absolute Gasteiger partial charge is 0.0630 e. The van der Waals surface area contributed by atoms with Crippen LogP contribution in [0.4, 0.5) is 0 Å². The summed E-state index contributed by atoms with van der Waals surface area (Å²) in [7, 11) is 0. The maximum Gasteiger partial charge on any atom is 0.0630 e. The Morgan fingerprint density at radius 3 is 2.70 bits per heavy atom. The van der Waals surface area contributed by atoms with Gasteiger partial charge in [0.25, 0.3) is 0 Å². The van der Waals surface area contributed by atoms with E-state index in [0.717, 1.165) is 19.7 Å². The van der Waals surface area contributed by atoms with Crippen LogP contribution in [0.15, 0.2) is 30.3 Å². The van der Waals surface area contributed by atoms with Crippen molar-refractivity contribution in [3.8, 4) is 0 Å². The van der Waals surface area contributed by atoms with Gasteiger partial charge in [-0.2, -0.15) is 11.8 Å². The lowest BCUT2D eigenvalue weighted by molar-refractivity contribution is 0.0340. The molecule has 1 aromatic rings. The van der Waals surface area contributed by atoms with Crippen LogP contribution in [0.5, 0.6) is 0 Å². The van der Waals surface area contributed by atoms with Gasteiger partial charge in [-0.15, -0.1) is 0 Å². The Balaban J connectivity index is 1.81. The zero-order chi connectivity index (χ0) is 14.4. The Kier molecular flexibility index (Phi) is 5.94.